The highest BCUT2D eigenvalue weighted by molar-refractivity contribution is 5.92. The number of alkyl halides is 3. The number of fused-ring (bicyclic) bond motifs is 1. The molecule has 0 aliphatic carbocycles. The van der Waals surface area contributed by atoms with Crippen LogP contribution >= 0.6 is 0 Å². The number of hydrogen-bond acceptors (Lipinski definition) is 2. The van der Waals surface area contributed by atoms with Crippen LogP contribution in [0.15, 0.2) is 78.9 Å². The maximum atomic E-state index is 13.9. The molecule has 0 saturated heterocycles. The first-order valence-corrected chi connectivity index (χ1v) is 8.87. The number of benzene rings is 3. The second-order valence-electron chi connectivity index (χ2n) is 6.50. The largest absolute Gasteiger partial charge is 0.497 e. The smallest absolute Gasteiger partial charge is 0.418 e. The van der Waals surface area contributed by atoms with Crippen molar-refractivity contribution < 1.29 is 17.9 Å². The minimum atomic E-state index is -4.46. The van der Waals surface area contributed by atoms with Crippen molar-refractivity contribution in [3.63, 3.8) is 0 Å². The lowest BCUT2D eigenvalue weighted by Gasteiger charge is -2.33. The molecule has 2 nitrogen and oxygen atoms in total. The van der Waals surface area contributed by atoms with Crippen LogP contribution in [0.1, 0.15) is 16.7 Å². The SMILES string of the molecule is COc1cccc(N2CC=C(c3ccccc3)c3cccc(C(F)(F)F)c32)c1. The van der Waals surface area contributed by atoms with Crippen LogP contribution in [0.3, 0.4) is 0 Å². The van der Waals surface area contributed by atoms with Crippen LogP contribution in [-0.4, -0.2) is 13.7 Å². The van der Waals surface area contributed by atoms with E-state index in [4.69, 9.17) is 4.74 Å². The molecule has 0 amide bonds. The first kappa shape index (κ1) is 18.2. The number of nitrogens with zero attached hydrogens (tertiary/aromatic N) is 1. The van der Waals surface area contributed by atoms with Crippen molar-refractivity contribution in [1.29, 1.82) is 0 Å². The third kappa shape index (κ3) is 3.24. The third-order valence-electron chi connectivity index (χ3n) is 4.83. The molecule has 1 aliphatic heterocycles. The molecule has 3 aromatic rings. The topological polar surface area (TPSA) is 12.5 Å². The van der Waals surface area contributed by atoms with Gasteiger partial charge in [-0.25, -0.2) is 0 Å². The molecule has 4 rings (SSSR count). The number of halogens is 3. The molecule has 0 N–H and O–H groups in total. The number of para-hydroxylation sites is 1. The van der Waals surface area contributed by atoms with Gasteiger partial charge in [-0.3, -0.25) is 0 Å². The van der Waals surface area contributed by atoms with E-state index in [2.05, 4.69) is 0 Å². The maximum absolute atomic E-state index is 13.9. The summed E-state index contributed by atoms with van der Waals surface area (Å²) in [6.07, 6.45) is -2.49. The van der Waals surface area contributed by atoms with Crippen LogP contribution in [0.25, 0.3) is 5.57 Å². The van der Waals surface area contributed by atoms with Crippen molar-refractivity contribution in [2.45, 2.75) is 6.18 Å². The summed E-state index contributed by atoms with van der Waals surface area (Å²) in [5.41, 5.74) is 2.45. The van der Waals surface area contributed by atoms with Crippen molar-refractivity contribution in [3.8, 4) is 5.75 Å². The van der Waals surface area contributed by atoms with E-state index in [1.54, 1.807) is 35.2 Å². The molecule has 0 bridgehead atoms. The summed E-state index contributed by atoms with van der Waals surface area (Å²) >= 11 is 0. The normalized spacial score (nSPS) is 13.7. The zero-order chi connectivity index (χ0) is 19.7. The molecule has 0 atom stereocenters. The van der Waals surface area contributed by atoms with Crippen molar-refractivity contribution >= 4 is 16.9 Å². The predicted octanol–water partition coefficient (Wildman–Crippen LogP) is 6.30. The Labute approximate surface area is 161 Å². The van der Waals surface area contributed by atoms with Crippen LogP contribution < -0.4 is 9.64 Å². The van der Waals surface area contributed by atoms with Crippen LogP contribution in [-0.2, 0) is 6.18 Å². The molecule has 3 aromatic carbocycles. The molecule has 0 radical (unpaired) electrons. The van der Waals surface area contributed by atoms with Gasteiger partial charge in [0.25, 0.3) is 0 Å². The summed E-state index contributed by atoms with van der Waals surface area (Å²) in [7, 11) is 1.54. The molecular formula is C23H18F3NO. The van der Waals surface area contributed by atoms with Gasteiger partial charge in [-0.15, -0.1) is 0 Å². The lowest BCUT2D eigenvalue weighted by atomic mass is 9.90. The van der Waals surface area contributed by atoms with E-state index in [0.29, 0.717) is 23.5 Å². The lowest BCUT2D eigenvalue weighted by molar-refractivity contribution is -0.137. The summed E-state index contributed by atoms with van der Waals surface area (Å²) in [4.78, 5) is 1.69. The maximum Gasteiger partial charge on any atom is 0.418 e. The highest BCUT2D eigenvalue weighted by Gasteiger charge is 2.37. The quantitative estimate of drug-likeness (QED) is 0.528. The molecule has 0 spiro atoms. The summed E-state index contributed by atoms with van der Waals surface area (Å²) in [5, 5.41) is 0. The van der Waals surface area contributed by atoms with Crippen LogP contribution in [0.5, 0.6) is 5.75 Å². The van der Waals surface area contributed by atoms with Gasteiger partial charge in [0.15, 0.2) is 0 Å². The minimum Gasteiger partial charge on any atom is -0.497 e. The average Bonchev–Trinajstić information content (AvgIpc) is 2.72. The molecular weight excluding hydrogens is 363 g/mol. The molecule has 1 aliphatic rings. The Morgan fingerprint density at radius 1 is 0.893 bits per heavy atom. The highest BCUT2D eigenvalue weighted by Crippen LogP contribution is 2.46. The zero-order valence-corrected chi connectivity index (χ0v) is 15.2. The molecule has 0 aromatic heterocycles. The Balaban J connectivity index is 1.93. The van der Waals surface area contributed by atoms with Crippen LogP contribution in [0.2, 0.25) is 0 Å². The Kier molecular flexibility index (Phi) is 4.59. The molecule has 0 saturated carbocycles. The highest BCUT2D eigenvalue weighted by atomic mass is 19.4. The van der Waals surface area contributed by atoms with Gasteiger partial charge >= 0.3 is 6.18 Å². The van der Waals surface area contributed by atoms with Gasteiger partial charge in [0, 0.05) is 23.9 Å². The van der Waals surface area contributed by atoms with E-state index in [1.807, 2.05) is 36.4 Å². The molecule has 1 heterocycles. The van der Waals surface area contributed by atoms with E-state index >= 15 is 0 Å². The van der Waals surface area contributed by atoms with Gasteiger partial charge in [-0.1, -0.05) is 54.6 Å². The number of hydrogen-bond donors (Lipinski definition) is 0. The van der Waals surface area contributed by atoms with E-state index < -0.39 is 11.7 Å². The predicted molar refractivity (Wildman–Crippen MR) is 105 cm³/mol. The van der Waals surface area contributed by atoms with E-state index in [-0.39, 0.29) is 5.69 Å². The minimum absolute atomic E-state index is 0.171. The van der Waals surface area contributed by atoms with Crippen molar-refractivity contribution in [3.05, 3.63) is 95.6 Å². The number of rotatable bonds is 3. The first-order valence-electron chi connectivity index (χ1n) is 8.87. The third-order valence-corrected chi connectivity index (χ3v) is 4.83. The van der Waals surface area contributed by atoms with Crippen molar-refractivity contribution in [2.24, 2.45) is 0 Å². The Morgan fingerprint density at radius 3 is 2.36 bits per heavy atom. The Hall–Kier alpha value is -3.21. The van der Waals surface area contributed by atoms with Gasteiger partial charge in [-0.05, 0) is 29.3 Å². The van der Waals surface area contributed by atoms with Crippen LogP contribution in [0.4, 0.5) is 24.5 Å². The molecule has 142 valence electrons. The first-order chi connectivity index (χ1) is 13.5. The Bertz CT molecular complexity index is 1030. The van der Waals surface area contributed by atoms with Gasteiger partial charge in [0.1, 0.15) is 5.75 Å². The fourth-order valence-electron chi connectivity index (χ4n) is 3.57. The Morgan fingerprint density at radius 2 is 1.64 bits per heavy atom. The van der Waals surface area contributed by atoms with Crippen molar-refractivity contribution in [1.82, 2.24) is 0 Å². The zero-order valence-electron chi connectivity index (χ0n) is 15.2. The standard InChI is InChI=1S/C23H18F3NO/c1-28-18-10-5-9-17(15-18)27-14-13-19(16-7-3-2-4-8-16)20-11-6-12-21(22(20)27)23(24,25)26/h2-13,15H,14H2,1H3. The fourth-order valence-corrected chi connectivity index (χ4v) is 3.57. The van der Waals surface area contributed by atoms with Gasteiger partial charge in [0.05, 0.1) is 18.4 Å². The second kappa shape index (κ2) is 7.08. The monoisotopic (exact) mass is 381 g/mol. The summed E-state index contributed by atoms with van der Waals surface area (Å²) in [6, 6.07) is 20.9. The molecule has 0 fully saturated rings. The van der Waals surface area contributed by atoms with Crippen LogP contribution in [0, 0.1) is 0 Å². The van der Waals surface area contributed by atoms with E-state index in [9.17, 15) is 13.2 Å². The molecule has 5 heteroatoms. The molecule has 28 heavy (non-hydrogen) atoms. The van der Waals surface area contributed by atoms with E-state index in [1.165, 1.54) is 13.2 Å². The number of anilines is 2. The number of ether oxygens (including phenoxy) is 1. The van der Waals surface area contributed by atoms with Gasteiger partial charge in [0.2, 0.25) is 0 Å². The number of methoxy groups -OCH3 is 1. The summed E-state index contributed by atoms with van der Waals surface area (Å²) < 4.78 is 46.9. The second-order valence-corrected chi connectivity index (χ2v) is 6.50. The van der Waals surface area contributed by atoms with Gasteiger partial charge < -0.3 is 9.64 Å². The lowest BCUT2D eigenvalue weighted by Crippen LogP contribution is -2.26. The summed E-state index contributed by atoms with van der Waals surface area (Å²) in [6.45, 7) is 0.331. The fraction of sp³-hybridized carbons (Fsp3) is 0.130. The van der Waals surface area contributed by atoms with E-state index in [0.717, 1.165) is 17.2 Å². The average molecular weight is 381 g/mol. The van der Waals surface area contributed by atoms with Crippen molar-refractivity contribution in [2.75, 3.05) is 18.6 Å². The van der Waals surface area contributed by atoms with Gasteiger partial charge in [-0.2, -0.15) is 13.2 Å². The summed E-state index contributed by atoms with van der Waals surface area (Å²) in [5.74, 6) is 0.598. The molecule has 0 unspecified atom stereocenters.